The predicted octanol–water partition coefficient (Wildman–Crippen LogP) is 3.13. The minimum Gasteiger partial charge on any atom is -0.505 e. The number of hydrogen-bond donors (Lipinski definition) is 1. The van der Waals surface area contributed by atoms with Crippen LogP contribution in [0.4, 0.5) is 8.78 Å². The molecule has 124 valence electrons. The Morgan fingerprint density at radius 3 is 2.38 bits per heavy atom. The number of aromatic hydroxyl groups is 1. The van der Waals surface area contributed by atoms with Crippen LogP contribution in [0.1, 0.15) is 0 Å². The summed E-state index contributed by atoms with van der Waals surface area (Å²) in [5.74, 6) is -0.538. The van der Waals surface area contributed by atoms with Gasteiger partial charge < -0.3 is 5.11 Å². The highest BCUT2D eigenvalue weighted by atomic mass is 35.5. The van der Waals surface area contributed by atoms with Gasteiger partial charge >= 0.3 is 0 Å². The highest BCUT2D eigenvalue weighted by Gasteiger charge is 2.24. The second-order valence-corrected chi connectivity index (χ2v) is 5.55. The van der Waals surface area contributed by atoms with E-state index in [1.165, 1.54) is 24.8 Å². The number of nitrogens with zero attached hydrogens (tertiary/aromatic N) is 4. The van der Waals surface area contributed by atoms with Gasteiger partial charge in [0.1, 0.15) is 5.52 Å². The Labute approximate surface area is 143 Å². The molecule has 6 nitrogen and oxygen atoms in total. The molecule has 0 saturated carbocycles. The molecule has 24 heavy (non-hydrogen) atoms. The smallest absolute Gasteiger partial charge is 0.264 e. The van der Waals surface area contributed by atoms with Crippen molar-refractivity contribution in [2.45, 2.75) is 13.0 Å². The molecule has 1 N–H and O–H groups in total. The monoisotopic (exact) mass is 372 g/mol. The first-order valence-corrected chi connectivity index (χ1v) is 7.31. The minimum absolute atomic E-state index is 0.00796. The summed E-state index contributed by atoms with van der Waals surface area (Å²) in [4.78, 5) is 24.2. The molecular formula is C14H8Cl2F2N4O2. The molecule has 0 fully saturated rings. The summed E-state index contributed by atoms with van der Waals surface area (Å²) in [7, 11) is 0. The molecular weight excluding hydrogens is 365 g/mol. The van der Waals surface area contributed by atoms with Crippen molar-refractivity contribution in [1.29, 1.82) is 0 Å². The summed E-state index contributed by atoms with van der Waals surface area (Å²) in [6, 6.07) is 0. The fourth-order valence-electron chi connectivity index (χ4n) is 2.33. The molecule has 0 atom stereocenters. The summed E-state index contributed by atoms with van der Waals surface area (Å²) in [6.45, 7) is -0.915. The van der Waals surface area contributed by atoms with Crippen LogP contribution in [-0.4, -0.2) is 31.1 Å². The Bertz CT molecular complexity index is 974. The van der Waals surface area contributed by atoms with Crippen LogP contribution in [0.25, 0.3) is 22.3 Å². The number of hydrogen-bond acceptors (Lipinski definition) is 5. The molecule has 0 radical (unpaired) electrons. The predicted molar refractivity (Wildman–Crippen MR) is 84.7 cm³/mol. The summed E-state index contributed by atoms with van der Waals surface area (Å²) in [5.41, 5.74) is -1.52. The van der Waals surface area contributed by atoms with Gasteiger partial charge in [-0.05, 0) is 0 Å². The Hall–Kier alpha value is -2.32. The molecule has 0 amide bonds. The van der Waals surface area contributed by atoms with Crippen LogP contribution in [0.3, 0.4) is 0 Å². The second kappa shape index (κ2) is 6.29. The Morgan fingerprint density at radius 1 is 1.12 bits per heavy atom. The average molecular weight is 373 g/mol. The lowest BCUT2D eigenvalue weighted by Gasteiger charge is -2.14. The molecule has 0 aliphatic carbocycles. The average Bonchev–Trinajstić information content (AvgIpc) is 2.54. The van der Waals surface area contributed by atoms with Crippen LogP contribution in [-0.2, 0) is 6.54 Å². The lowest BCUT2D eigenvalue weighted by molar-refractivity contribution is 0.126. The summed E-state index contributed by atoms with van der Waals surface area (Å²) >= 11 is 12.1. The SMILES string of the molecule is O=c1c(-c2c(Cl)cncc2Cl)c(O)c2nccnc2n1CC(F)F. The van der Waals surface area contributed by atoms with Gasteiger partial charge in [-0.2, -0.15) is 0 Å². The van der Waals surface area contributed by atoms with E-state index in [2.05, 4.69) is 15.0 Å². The third-order valence-electron chi connectivity index (χ3n) is 3.28. The standard InChI is InChI=1S/C14H8Cl2F2N4O2/c15-6-3-19-4-7(16)9(6)10-12(23)11-13(21-2-1-20-11)22(14(10)24)5-8(17)18/h1-4,8,23H,5H2. The lowest BCUT2D eigenvalue weighted by Crippen LogP contribution is -2.26. The maximum Gasteiger partial charge on any atom is 0.264 e. The van der Waals surface area contributed by atoms with E-state index in [-0.39, 0.29) is 32.3 Å². The fraction of sp³-hybridized carbons (Fsp3) is 0.143. The number of fused-ring (bicyclic) bond motifs is 1. The normalized spacial score (nSPS) is 11.4. The first kappa shape index (κ1) is 16.5. The molecule has 0 saturated heterocycles. The van der Waals surface area contributed by atoms with Gasteiger partial charge in [0.2, 0.25) is 0 Å². The third kappa shape index (κ3) is 2.67. The number of alkyl halides is 2. The van der Waals surface area contributed by atoms with Crippen molar-refractivity contribution >= 4 is 34.4 Å². The molecule has 3 aromatic heterocycles. The maximum absolute atomic E-state index is 12.9. The van der Waals surface area contributed by atoms with Crippen molar-refractivity contribution in [3.63, 3.8) is 0 Å². The van der Waals surface area contributed by atoms with Crippen LogP contribution in [0.5, 0.6) is 5.75 Å². The van der Waals surface area contributed by atoms with E-state index in [0.29, 0.717) is 0 Å². The van der Waals surface area contributed by atoms with Gasteiger partial charge in [-0.1, -0.05) is 23.2 Å². The Morgan fingerprint density at radius 2 is 1.75 bits per heavy atom. The fourth-order valence-corrected chi connectivity index (χ4v) is 2.88. The Balaban J connectivity index is 2.48. The van der Waals surface area contributed by atoms with E-state index in [9.17, 15) is 18.7 Å². The van der Waals surface area contributed by atoms with Gasteiger partial charge in [-0.15, -0.1) is 0 Å². The van der Waals surface area contributed by atoms with Crippen molar-refractivity contribution in [2.24, 2.45) is 0 Å². The zero-order chi connectivity index (χ0) is 17.4. The highest BCUT2D eigenvalue weighted by molar-refractivity contribution is 6.39. The molecule has 0 spiro atoms. The van der Waals surface area contributed by atoms with E-state index in [0.717, 1.165) is 4.57 Å². The summed E-state index contributed by atoms with van der Waals surface area (Å²) in [6.07, 6.45) is 2.13. The van der Waals surface area contributed by atoms with Gasteiger partial charge in [0.15, 0.2) is 11.4 Å². The molecule has 10 heteroatoms. The molecule has 3 heterocycles. The Kier molecular flexibility index (Phi) is 4.33. The van der Waals surface area contributed by atoms with Crippen molar-refractivity contribution in [2.75, 3.05) is 0 Å². The van der Waals surface area contributed by atoms with E-state index in [1.54, 1.807) is 0 Å². The molecule has 0 aliphatic heterocycles. The van der Waals surface area contributed by atoms with E-state index < -0.39 is 24.3 Å². The largest absolute Gasteiger partial charge is 0.505 e. The molecule has 3 rings (SSSR count). The van der Waals surface area contributed by atoms with Gasteiger partial charge in [0.05, 0.1) is 22.2 Å². The highest BCUT2D eigenvalue weighted by Crippen LogP contribution is 2.38. The van der Waals surface area contributed by atoms with Crippen LogP contribution in [0.15, 0.2) is 29.6 Å². The zero-order valence-electron chi connectivity index (χ0n) is 11.8. The molecule has 0 unspecified atom stereocenters. The quantitative estimate of drug-likeness (QED) is 0.763. The second-order valence-electron chi connectivity index (χ2n) is 4.74. The van der Waals surface area contributed by atoms with Crippen molar-refractivity contribution in [3.05, 3.63) is 45.2 Å². The van der Waals surface area contributed by atoms with Crippen molar-refractivity contribution < 1.29 is 13.9 Å². The molecule has 3 aromatic rings. The number of rotatable bonds is 3. The van der Waals surface area contributed by atoms with Crippen LogP contribution >= 0.6 is 23.2 Å². The van der Waals surface area contributed by atoms with Crippen LogP contribution < -0.4 is 5.56 Å². The topological polar surface area (TPSA) is 80.9 Å². The first-order valence-electron chi connectivity index (χ1n) is 6.55. The van der Waals surface area contributed by atoms with Crippen molar-refractivity contribution in [1.82, 2.24) is 19.5 Å². The molecule has 0 bridgehead atoms. The van der Waals surface area contributed by atoms with E-state index >= 15 is 0 Å². The van der Waals surface area contributed by atoms with Crippen molar-refractivity contribution in [3.8, 4) is 16.9 Å². The van der Waals surface area contributed by atoms with Gasteiger partial charge in [-0.25, -0.2) is 18.7 Å². The van der Waals surface area contributed by atoms with Crippen LogP contribution in [0.2, 0.25) is 10.0 Å². The van der Waals surface area contributed by atoms with Gasteiger partial charge in [0.25, 0.3) is 12.0 Å². The zero-order valence-corrected chi connectivity index (χ0v) is 13.3. The number of halogens is 4. The number of aromatic nitrogens is 4. The first-order chi connectivity index (χ1) is 11.4. The number of pyridine rings is 2. The van der Waals surface area contributed by atoms with E-state index in [4.69, 9.17) is 23.2 Å². The minimum atomic E-state index is -2.81. The summed E-state index contributed by atoms with van der Waals surface area (Å²) < 4.78 is 26.5. The maximum atomic E-state index is 12.9. The lowest BCUT2D eigenvalue weighted by atomic mass is 10.1. The van der Waals surface area contributed by atoms with Gasteiger partial charge in [0, 0.05) is 30.4 Å². The molecule has 0 aromatic carbocycles. The van der Waals surface area contributed by atoms with Gasteiger partial charge in [-0.3, -0.25) is 14.3 Å². The third-order valence-corrected chi connectivity index (χ3v) is 3.85. The van der Waals surface area contributed by atoms with E-state index in [1.807, 2.05) is 0 Å². The molecule has 0 aliphatic rings. The van der Waals surface area contributed by atoms with Crippen LogP contribution in [0, 0.1) is 0 Å². The summed E-state index contributed by atoms with van der Waals surface area (Å²) in [5, 5.41) is 10.4.